The van der Waals surface area contributed by atoms with E-state index < -0.39 is 11.9 Å². The van der Waals surface area contributed by atoms with Crippen LogP contribution < -0.4 is 20.7 Å². The highest BCUT2D eigenvalue weighted by Gasteiger charge is 2.31. The number of hydrogen-bond donors (Lipinski definition) is 3. The minimum absolute atomic E-state index is 0.0367. The summed E-state index contributed by atoms with van der Waals surface area (Å²) < 4.78 is 20.9. The van der Waals surface area contributed by atoms with Crippen LogP contribution >= 0.6 is 0 Å². The van der Waals surface area contributed by atoms with Gasteiger partial charge in [-0.05, 0) is 50.0 Å². The number of halogens is 1. The summed E-state index contributed by atoms with van der Waals surface area (Å²) in [7, 11) is 1.96. The number of ether oxygens (including phenoxy) is 1. The van der Waals surface area contributed by atoms with Crippen molar-refractivity contribution in [3.8, 4) is 17.0 Å². The summed E-state index contributed by atoms with van der Waals surface area (Å²) in [5.74, 6) is 0.218. The zero-order valence-corrected chi connectivity index (χ0v) is 18.4. The van der Waals surface area contributed by atoms with Gasteiger partial charge < -0.3 is 25.8 Å². The van der Waals surface area contributed by atoms with Gasteiger partial charge in [0.2, 0.25) is 5.88 Å². The number of aromatic nitrogens is 2. The van der Waals surface area contributed by atoms with Crippen molar-refractivity contribution in [2.24, 2.45) is 0 Å². The number of anilines is 3. The molecule has 1 saturated heterocycles. The van der Waals surface area contributed by atoms with Crippen LogP contribution in [0, 0.1) is 12.7 Å². The number of nitrogens with two attached hydrogens (primary N) is 1. The lowest BCUT2D eigenvalue weighted by atomic mass is 9.97. The second-order valence-corrected chi connectivity index (χ2v) is 8.53. The number of fused-ring (bicyclic) bond motifs is 2. The first-order chi connectivity index (χ1) is 15.8. The SMILES string of the molecule is Cc1c(-c2cc3cc(N(C(=O)O)C4CCN(C)C4)ncc3c(N)c2F)cnc2c1NCCO2. The molecule has 5 rings (SSSR count). The van der Waals surface area contributed by atoms with Gasteiger partial charge in [0.1, 0.15) is 18.1 Å². The first-order valence-corrected chi connectivity index (χ1v) is 10.8. The number of hydrogen-bond acceptors (Lipinski definition) is 7. The molecule has 172 valence electrons. The highest BCUT2D eigenvalue weighted by molar-refractivity contribution is 5.99. The maximum Gasteiger partial charge on any atom is 0.413 e. The van der Waals surface area contributed by atoms with Crippen LogP contribution in [0.5, 0.6) is 5.88 Å². The van der Waals surface area contributed by atoms with Gasteiger partial charge >= 0.3 is 6.09 Å². The Labute approximate surface area is 190 Å². The monoisotopic (exact) mass is 452 g/mol. The fourth-order valence-corrected chi connectivity index (χ4v) is 4.67. The number of rotatable bonds is 3. The van der Waals surface area contributed by atoms with Gasteiger partial charge in [0.25, 0.3) is 0 Å². The largest absolute Gasteiger partial charge is 0.474 e. The average molecular weight is 452 g/mol. The second kappa shape index (κ2) is 8.04. The van der Waals surface area contributed by atoms with E-state index >= 15 is 4.39 Å². The van der Waals surface area contributed by atoms with Gasteiger partial charge in [-0.1, -0.05) is 0 Å². The number of carbonyl (C=O) groups is 1. The highest BCUT2D eigenvalue weighted by Crippen LogP contribution is 2.40. The number of nitrogens with one attached hydrogen (secondary N) is 1. The standard InChI is InChI=1S/C23H25FN6O3/c1-12-16(9-28-22-21(12)26-4-6-33-22)15-7-13-8-18(27-10-17(13)20(25)19(15)24)30(23(31)32)14-3-5-29(2)11-14/h7-10,14,26H,3-6,11,25H2,1-2H3,(H,31,32). The van der Waals surface area contributed by atoms with Crippen molar-refractivity contribution in [3.05, 3.63) is 35.9 Å². The molecule has 2 aliphatic rings. The first kappa shape index (κ1) is 21.2. The van der Waals surface area contributed by atoms with Crippen LogP contribution in [0.25, 0.3) is 21.9 Å². The number of nitrogen functional groups attached to an aromatic ring is 1. The van der Waals surface area contributed by atoms with Crippen molar-refractivity contribution in [1.82, 2.24) is 14.9 Å². The van der Waals surface area contributed by atoms with Crippen LogP contribution in [0.2, 0.25) is 0 Å². The van der Waals surface area contributed by atoms with Gasteiger partial charge in [0.15, 0.2) is 5.82 Å². The molecule has 0 aliphatic carbocycles. The molecule has 1 atom stereocenters. The summed E-state index contributed by atoms with van der Waals surface area (Å²) in [6, 6.07) is 3.13. The minimum Gasteiger partial charge on any atom is -0.474 e. The van der Waals surface area contributed by atoms with E-state index in [1.54, 1.807) is 18.3 Å². The normalized spacial score (nSPS) is 18.0. The minimum atomic E-state index is -1.07. The number of benzene rings is 1. The molecule has 1 amide bonds. The Bertz CT molecular complexity index is 1270. The molecule has 4 N–H and O–H groups in total. The van der Waals surface area contributed by atoms with Crippen LogP contribution in [-0.2, 0) is 0 Å². The molecule has 4 heterocycles. The van der Waals surface area contributed by atoms with E-state index in [1.165, 1.54) is 11.1 Å². The fourth-order valence-electron chi connectivity index (χ4n) is 4.67. The Morgan fingerprint density at radius 1 is 1.33 bits per heavy atom. The van der Waals surface area contributed by atoms with Crippen molar-refractivity contribution in [3.63, 3.8) is 0 Å². The van der Waals surface area contributed by atoms with E-state index in [-0.39, 0.29) is 11.7 Å². The Morgan fingerprint density at radius 3 is 2.88 bits per heavy atom. The number of likely N-dealkylation sites (N-methyl/N-ethyl adjacent to an activating group) is 1. The number of amides is 1. The summed E-state index contributed by atoms with van der Waals surface area (Å²) >= 11 is 0. The highest BCUT2D eigenvalue weighted by atomic mass is 19.1. The van der Waals surface area contributed by atoms with E-state index in [1.807, 2.05) is 14.0 Å². The molecule has 1 aromatic carbocycles. The molecule has 2 aromatic heterocycles. The molecule has 0 radical (unpaired) electrons. The molecule has 0 spiro atoms. The van der Waals surface area contributed by atoms with Crippen LogP contribution in [0.1, 0.15) is 12.0 Å². The third kappa shape index (κ3) is 3.56. The molecular weight excluding hydrogens is 427 g/mol. The van der Waals surface area contributed by atoms with Gasteiger partial charge in [-0.15, -0.1) is 0 Å². The average Bonchev–Trinajstić information content (AvgIpc) is 3.22. The summed E-state index contributed by atoms with van der Waals surface area (Å²) in [6.07, 6.45) is 2.66. The number of carboxylic acid groups (broad SMARTS) is 1. The van der Waals surface area contributed by atoms with E-state index in [2.05, 4.69) is 20.2 Å². The molecule has 3 aromatic rings. The van der Waals surface area contributed by atoms with Gasteiger partial charge in [0, 0.05) is 42.0 Å². The lowest BCUT2D eigenvalue weighted by Gasteiger charge is -2.25. The third-order valence-electron chi connectivity index (χ3n) is 6.41. The van der Waals surface area contributed by atoms with Crippen molar-refractivity contribution in [2.75, 3.05) is 49.2 Å². The lowest BCUT2D eigenvalue weighted by molar-refractivity contribution is 0.198. The van der Waals surface area contributed by atoms with Crippen molar-refractivity contribution in [1.29, 1.82) is 0 Å². The van der Waals surface area contributed by atoms with Crippen LogP contribution in [0.15, 0.2) is 24.5 Å². The molecule has 10 heteroatoms. The maximum absolute atomic E-state index is 15.4. The summed E-state index contributed by atoms with van der Waals surface area (Å²) in [6.45, 7) is 4.46. The topological polar surface area (TPSA) is 117 Å². The quantitative estimate of drug-likeness (QED) is 0.518. The Hall–Kier alpha value is -3.66. The number of pyridine rings is 2. The molecule has 2 aliphatic heterocycles. The predicted molar refractivity (Wildman–Crippen MR) is 124 cm³/mol. The van der Waals surface area contributed by atoms with E-state index in [9.17, 15) is 9.90 Å². The van der Waals surface area contributed by atoms with Crippen molar-refractivity contribution >= 4 is 34.1 Å². The van der Waals surface area contributed by atoms with E-state index in [4.69, 9.17) is 10.5 Å². The molecule has 1 unspecified atom stereocenters. The van der Waals surface area contributed by atoms with Crippen LogP contribution in [0.3, 0.4) is 0 Å². The Balaban J connectivity index is 1.63. The molecule has 0 saturated carbocycles. The van der Waals surface area contributed by atoms with Gasteiger partial charge in [-0.3, -0.25) is 4.90 Å². The van der Waals surface area contributed by atoms with E-state index in [0.29, 0.717) is 59.7 Å². The summed E-state index contributed by atoms with van der Waals surface area (Å²) in [4.78, 5) is 24.1. The smallest absolute Gasteiger partial charge is 0.413 e. The Morgan fingerprint density at radius 2 is 2.15 bits per heavy atom. The molecule has 0 bridgehead atoms. The van der Waals surface area contributed by atoms with Crippen molar-refractivity contribution in [2.45, 2.75) is 19.4 Å². The van der Waals surface area contributed by atoms with Gasteiger partial charge in [-0.25, -0.2) is 19.2 Å². The molecule has 33 heavy (non-hydrogen) atoms. The number of likely N-dealkylation sites (tertiary alicyclic amines) is 1. The maximum atomic E-state index is 15.4. The number of nitrogens with zero attached hydrogens (tertiary/aromatic N) is 4. The lowest BCUT2D eigenvalue weighted by Crippen LogP contribution is -2.41. The third-order valence-corrected chi connectivity index (χ3v) is 6.41. The molecular formula is C23H25FN6O3. The van der Waals surface area contributed by atoms with Crippen LogP contribution in [-0.4, -0.2) is 65.4 Å². The predicted octanol–water partition coefficient (Wildman–Crippen LogP) is 3.32. The summed E-state index contributed by atoms with van der Waals surface area (Å²) in [5.41, 5.74) is 8.53. The molecule has 9 nitrogen and oxygen atoms in total. The first-order valence-electron chi connectivity index (χ1n) is 10.8. The van der Waals surface area contributed by atoms with Crippen LogP contribution in [0.4, 0.5) is 26.4 Å². The fraction of sp³-hybridized carbons (Fsp3) is 0.348. The van der Waals surface area contributed by atoms with E-state index in [0.717, 1.165) is 17.8 Å². The summed E-state index contributed by atoms with van der Waals surface area (Å²) in [5, 5.41) is 14.2. The van der Waals surface area contributed by atoms with Gasteiger partial charge in [-0.2, -0.15) is 0 Å². The zero-order valence-electron chi connectivity index (χ0n) is 18.4. The van der Waals surface area contributed by atoms with Crippen molar-refractivity contribution < 1.29 is 19.0 Å². The van der Waals surface area contributed by atoms with Gasteiger partial charge in [0.05, 0.1) is 11.7 Å². The zero-order chi connectivity index (χ0) is 23.3. The second-order valence-electron chi connectivity index (χ2n) is 8.53. The Kier molecular flexibility index (Phi) is 5.16. The molecule has 1 fully saturated rings.